The lowest BCUT2D eigenvalue weighted by Gasteiger charge is -2.27. The van der Waals surface area contributed by atoms with Crippen LogP contribution < -0.4 is 5.43 Å². The molecule has 1 saturated heterocycles. The number of fused-ring (bicyclic) bond motifs is 1. The number of amides is 1. The summed E-state index contributed by atoms with van der Waals surface area (Å²) in [6, 6.07) is 8.21. The highest BCUT2D eigenvalue weighted by Gasteiger charge is 2.36. The molecule has 8 heteroatoms. The molecule has 4 rings (SSSR count). The van der Waals surface area contributed by atoms with Gasteiger partial charge in [-0.05, 0) is 48.9 Å². The first-order valence-corrected chi connectivity index (χ1v) is 12.0. The number of rotatable bonds is 4. The van der Waals surface area contributed by atoms with Crippen molar-refractivity contribution in [3.05, 3.63) is 67.7 Å². The molecule has 0 saturated carbocycles. The average molecular weight is 432 g/mol. The Morgan fingerprint density at radius 3 is 2.72 bits per heavy atom. The molecule has 152 valence electrons. The molecule has 3 heterocycles. The minimum Gasteiger partial charge on any atom is -0.450 e. The number of carbonyl (C=O) groups excluding carboxylic acids is 1. The number of nitrogens with zero attached hydrogens (tertiary/aromatic N) is 1. The van der Waals surface area contributed by atoms with E-state index in [1.54, 1.807) is 6.07 Å². The van der Waals surface area contributed by atoms with E-state index in [1.807, 2.05) is 37.4 Å². The largest absolute Gasteiger partial charge is 0.450 e. The van der Waals surface area contributed by atoms with Gasteiger partial charge in [0.25, 0.3) is 5.91 Å². The highest BCUT2D eigenvalue weighted by atomic mass is 32.2. The number of hydrogen-bond acceptors (Lipinski definition) is 6. The third-order valence-electron chi connectivity index (χ3n) is 5.19. The van der Waals surface area contributed by atoms with Gasteiger partial charge in [-0.25, -0.2) is 8.42 Å². The molecule has 0 radical (unpaired) electrons. The Balaban J connectivity index is 1.77. The number of thiophene rings is 1. The summed E-state index contributed by atoms with van der Waals surface area (Å²) >= 11 is 1.50. The Kier molecular flexibility index (Phi) is 5.08. The second kappa shape index (κ2) is 7.42. The Morgan fingerprint density at radius 1 is 1.28 bits per heavy atom. The molecule has 1 fully saturated rings. The smallest absolute Gasteiger partial charge is 0.290 e. The van der Waals surface area contributed by atoms with Gasteiger partial charge in [-0.3, -0.25) is 9.59 Å². The molecular weight excluding hydrogens is 410 g/mol. The first-order valence-electron chi connectivity index (χ1n) is 9.32. The maximum absolute atomic E-state index is 13.3. The lowest BCUT2D eigenvalue weighted by Crippen LogP contribution is -2.40. The van der Waals surface area contributed by atoms with E-state index in [0.717, 1.165) is 16.0 Å². The van der Waals surface area contributed by atoms with Crippen LogP contribution in [0.25, 0.3) is 11.0 Å². The fraction of sp³-hybridized carbons (Fsp3) is 0.333. The van der Waals surface area contributed by atoms with E-state index in [9.17, 15) is 18.0 Å². The van der Waals surface area contributed by atoms with Crippen LogP contribution in [0.3, 0.4) is 0 Å². The molecular formula is C21H21NO5S2. The van der Waals surface area contributed by atoms with E-state index in [4.69, 9.17) is 4.42 Å². The summed E-state index contributed by atoms with van der Waals surface area (Å²) < 4.78 is 29.9. The molecule has 1 atom stereocenters. The molecule has 0 bridgehead atoms. The van der Waals surface area contributed by atoms with Crippen molar-refractivity contribution in [3.63, 3.8) is 0 Å². The second-order valence-corrected chi connectivity index (χ2v) is 10.8. The Bertz CT molecular complexity index is 1240. The lowest BCUT2D eigenvalue weighted by atomic mass is 10.1. The summed E-state index contributed by atoms with van der Waals surface area (Å²) in [7, 11) is -3.17. The molecule has 0 aliphatic carbocycles. The molecule has 3 aromatic rings. The van der Waals surface area contributed by atoms with Gasteiger partial charge in [-0.2, -0.15) is 0 Å². The zero-order valence-corrected chi connectivity index (χ0v) is 17.8. The minimum absolute atomic E-state index is 0.0599. The highest BCUT2D eigenvalue weighted by molar-refractivity contribution is 7.91. The van der Waals surface area contributed by atoms with Crippen LogP contribution in [0.4, 0.5) is 0 Å². The first-order chi connectivity index (χ1) is 13.7. The zero-order valence-electron chi connectivity index (χ0n) is 16.2. The number of hydrogen-bond donors (Lipinski definition) is 0. The summed E-state index contributed by atoms with van der Waals surface area (Å²) in [5.74, 6) is -0.527. The molecule has 6 nitrogen and oxygen atoms in total. The molecule has 2 aromatic heterocycles. The van der Waals surface area contributed by atoms with Gasteiger partial charge in [0.15, 0.2) is 21.0 Å². The molecule has 1 aliphatic rings. The standard InChI is InChI=1S/C21H21NO5S2/c1-13-8-14(2)20-17(9-13)18(23)10-19(27-20)21(24)22(11-16-4-3-6-28-16)15-5-7-29(25,26)12-15/h3-4,6,8-10,15H,5,7,11-12H2,1-2H3/t15-/m1/s1. The van der Waals surface area contributed by atoms with Crippen molar-refractivity contribution >= 4 is 38.1 Å². The topological polar surface area (TPSA) is 84.7 Å². The Hall–Kier alpha value is -2.45. The molecule has 1 aliphatic heterocycles. The van der Waals surface area contributed by atoms with Crippen molar-refractivity contribution < 1.29 is 17.6 Å². The van der Waals surface area contributed by atoms with E-state index in [0.29, 0.717) is 17.4 Å². The summed E-state index contributed by atoms with van der Waals surface area (Å²) in [6.45, 7) is 4.01. The fourth-order valence-corrected chi connectivity index (χ4v) is 6.25. The van der Waals surface area contributed by atoms with Gasteiger partial charge in [0.05, 0.1) is 23.4 Å². The third-order valence-corrected chi connectivity index (χ3v) is 7.80. The molecule has 1 aromatic carbocycles. The van der Waals surface area contributed by atoms with Crippen LogP contribution in [0.1, 0.15) is 33.0 Å². The van der Waals surface area contributed by atoms with Crippen LogP contribution in [-0.4, -0.2) is 36.8 Å². The second-order valence-electron chi connectivity index (χ2n) is 7.50. The van der Waals surface area contributed by atoms with Crippen LogP contribution in [0.5, 0.6) is 0 Å². The van der Waals surface area contributed by atoms with Gasteiger partial charge >= 0.3 is 0 Å². The van der Waals surface area contributed by atoms with Crippen LogP contribution in [0.2, 0.25) is 0 Å². The number of aryl methyl sites for hydroxylation is 2. The van der Waals surface area contributed by atoms with E-state index in [2.05, 4.69) is 0 Å². The maximum Gasteiger partial charge on any atom is 0.290 e. The predicted molar refractivity (Wildman–Crippen MR) is 113 cm³/mol. The van der Waals surface area contributed by atoms with Crippen LogP contribution in [0.15, 0.2) is 44.9 Å². The quantitative estimate of drug-likeness (QED) is 0.633. The monoisotopic (exact) mass is 431 g/mol. The van der Waals surface area contributed by atoms with Gasteiger partial charge in [0.2, 0.25) is 0 Å². The highest BCUT2D eigenvalue weighted by Crippen LogP contribution is 2.25. The Morgan fingerprint density at radius 2 is 2.07 bits per heavy atom. The van der Waals surface area contributed by atoms with Crippen molar-refractivity contribution in [2.75, 3.05) is 11.5 Å². The predicted octanol–water partition coefficient (Wildman–Crippen LogP) is 3.30. The molecule has 29 heavy (non-hydrogen) atoms. The molecule has 1 amide bonds. The third kappa shape index (κ3) is 4.00. The summed E-state index contributed by atoms with van der Waals surface area (Å²) in [4.78, 5) is 28.5. The molecule has 0 spiro atoms. The van der Waals surface area contributed by atoms with E-state index < -0.39 is 21.8 Å². The van der Waals surface area contributed by atoms with Crippen LogP contribution >= 0.6 is 11.3 Å². The SMILES string of the molecule is Cc1cc(C)c2oc(C(=O)N(Cc3cccs3)[C@@H]3CCS(=O)(=O)C3)cc(=O)c2c1. The molecule has 0 unspecified atom stereocenters. The van der Waals surface area contributed by atoms with Gasteiger partial charge in [-0.1, -0.05) is 12.1 Å². The van der Waals surface area contributed by atoms with Crippen molar-refractivity contribution in [1.29, 1.82) is 0 Å². The van der Waals surface area contributed by atoms with E-state index in [-0.39, 0.29) is 29.2 Å². The number of carbonyl (C=O) groups is 1. The number of benzene rings is 1. The summed E-state index contributed by atoms with van der Waals surface area (Å²) in [6.07, 6.45) is 0.384. The maximum atomic E-state index is 13.3. The first kappa shape index (κ1) is 19.8. The van der Waals surface area contributed by atoms with Crippen molar-refractivity contribution in [3.8, 4) is 0 Å². The van der Waals surface area contributed by atoms with Crippen molar-refractivity contribution in [1.82, 2.24) is 4.90 Å². The minimum atomic E-state index is -3.17. The van der Waals surface area contributed by atoms with Gasteiger partial charge in [0, 0.05) is 17.0 Å². The molecule has 0 N–H and O–H groups in total. The van der Waals surface area contributed by atoms with Crippen LogP contribution in [0, 0.1) is 13.8 Å². The van der Waals surface area contributed by atoms with E-state index in [1.165, 1.54) is 22.3 Å². The lowest BCUT2D eigenvalue weighted by molar-refractivity contribution is 0.0651. The number of sulfone groups is 1. The van der Waals surface area contributed by atoms with E-state index >= 15 is 0 Å². The Labute approximate surface area is 172 Å². The van der Waals surface area contributed by atoms with Gasteiger partial charge < -0.3 is 9.32 Å². The van der Waals surface area contributed by atoms with Crippen LogP contribution in [-0.2, 0) is 16.4 Å². The van der Waals surface area contributed by atoms with Gasteiger partial charge in [-0.15, -0.1) is 11.3 Å². The average Bonchev–Trinajstić information content (AvgIpc) is 3.29. The normalized spacial score (nSPS) is 18.2. The van der Waals surface area contributed by atoms with Gasteiger partial charge in [0.1, 0.15) is 5.58 Å². The zero-order chi connectivity index (χ0) is 20.8. The summed E-state index contributed by atoms with van der Waals surface area (Å²) in [5, 5.41) is 2.35. The fourth-order valence-electron chi connectivity index (χ4n) is 3.81. The van der Waals surface area contributed by atoms with Crippen molar-refractivity contribution in [2.45, 2.75) is 32.9 Å². The van der Waals surface area contributed by atoms with Crippen molar-refractivity contribution in [2.24, 2.45) is 0 Å². The summed E-state index contributed by atoms with van der Waals surface area (Å²) in [5.41, 5.74) is 1.83.